The molecule has 0 aliphatic carbocycles. The van der Waals surface area contributed by atoms with Gasteiger partial charge in [-0.15, -0.1) is 0 Å². The SMILES string of the molecule is CC(=O)CCc1cccc2c1B(O)OC2. The molecule has 0 saturated heterocycles. The van der Waals surface area contributed by atoms with Gasteiger partial charge in [0.15, 0.2) is 0 Å². The molecule has 3 nitrogen and oxygen atoms in total. The van der Waals surface area contributed by atoms with E-state index in [0.29, 0.717) is 19.4 Å². The minimum Gasteiger partial charge on any atom is -0.423 e. The molecule has 0 saturated carbocycles. The van der Waals surface area contributed by atoms with Gasteiger partial charge in [0.1, 0.15) is 5.78 Å². The third-order valence-electron chi connectivity index (χ3n) is 2.68. The third kappa shape index (κ3) is 2.11. The molecule has 0 fully saturated rings. The number of fused-ring (bicyclic) bond motifs is 1. The minimum atomic E-state index is -0.817. The van der Waals surface area contributed by atoms with Crippen molar-refractivity contribution in [2.75, 3.05) is 0 Å². The number of hydrogen-bond acceptors (Lipinski definition) is 3. The lowest BCUT2D eigenvalue weighted by Gasteiger charge is -2.06. The number of carbonyl (C=O) groups excluding carboxylic acids is 1. The standard InChI is InChI=1S/C11H13BO3/c1-8(13)5-6-9-3-2-4-10-7-15-12(14)11(9)10/h2-4,14H,5-7H2,1H3. The maximum atomic E-state index is 10.9. The fraction of sp³-hybridized carbons (Fsp3) is 0.364. The molecule has 15 heavy (non-hydrogen) atoms. The van der Waals surface area contributed by atoms with Crippen molar-refractivity contribution in [2.24, 2.45) is 0 Å². The maximum Gasteiger partial charge on any atom is 0.492 e. The van der Waals surface area contributed by atoms with Crippen molar-refractivity contribution in [1.82, 2.24) is 0 Å². The first kappa shape index (κ1) is 10.4. The fourth-order valence-electron chi connectivity index (χ4n) is 1.89. The van der Waals surface area contributed by atoms with Crippen LogP contribution in [0.2, 0.25) is 0 Å². The van der Waals surface area contributed by atoms with Crippen molar-refractivity contribution < 1.29 is 14.5 Å². The van der Waals surface area contributed by atoms with Crippen molar-refractivity contribution in [3.05, 3.63) is 29.3 Å². The number of ketones is 1. The van der Waals surface area contributed by atoms with Crippen LogP contribution in [0.25, 0.3) is 0 Å². The Kier molecular flexibility index (Phi) is 2.89. The number of Topliss-reactive ketones (excluding diaryl/α,β-unsaturated/α-hetero) is 1. The molecular weight excluding hydrogens is 191 g/mol. The Bertz CT molecular complexity index is 389. The summed E-state index contributed by atoms with van der Waals surface area (Å²) in [5.41, 5.74) is 2.91. The van der Waals surface area contributed by atoms with E-state index >= 15 is 0 Å². The van der Waals surface area contributed by atoms with E-state index in [-0.39, 0.29) is 5.78 Å². The van der Waals surface area contributed by atoms with Gasteiger partial charge in [-0.05, 0) is 29.9 Å². The van der Waals surface area contributed by atoms with E-state index in [1.54, 1.807) is 6.92 Å². The van der Waals surface area contributed by atoms with Crippen molar-refractivity contribution in [3.8, 4) is 0 Å². The molecule has 1 aromatic carbocycles. The molecule has 1 aliphatic rings. The molecule has 1 heterocycles. The third-order valence-corrected chi connectivity index (χ3v) is 2.68. The Hall–Kier alpha value is -1.13. The normalized spacial score (nSPS) is 14.1. The van der Waals surface area contributed by atoms with Gasteiger partial charge >= 0.3 is 7.12 Å². The molecule has 0 spiro atoms. The molecule has 1 aromatic rings. The highest BCUT2D eigenvalue weighted by Gasteiger charge is 2.29. The van der Waals surface area contributed by atoms with Crippen LogP contribution in [0.15, 0.2) is 18.2 Å². The Morgan fingerprint density at radius 3 is 3.13 bits per heavy atom. The zero-order valence-corrected chi connectivity index (χ0v) is 8.69. The van der Waals surface area contributed by atoms with E-state index in [2.05, 4.69) is 0 Å². The van der Waals surface area contributed by atoms with E-state index < -0.39 is 7.12 Å². The summed E-state index contributed by atoms with van der Waals surface area (Å²) in [6.45, 7) is 2.04. The van der Waals surface area contributed by atoms with Gasteiger partial charge in [-0.25, -0.2) is 0 Å². The van der Waals surface area contributed by atoms with Gasteiger partial charge in [-0.2, -0.15) is 0 Å². The van der Waals surface area contributed by atoms with Crippen LogP contribution in [0.1, 0.15) is 24.5 Å². The second kappa shape index (κ2) is 4.17. The van der Waals surface area contributed by atoms with Gasteiger partial charge in [-0.1, -0.05) is 18.2 Å². The number of aryl methyl sites for hydroxylation is 1. The fourth-order valence-corrected chi connectivity index (χ4v) is 1.89. The second-order valence-corrected chi connectivity index (χ2v) is 3.86. The topological polar surface area (TPSA) is 46.5 Å². The summed E-state index contributed by atoms with van der Waals surface area (Å²) in [4.78, 5) is 10.9. The monoisotopic (exact) mass is 204 g/mol. The van der Waals surface area contributed by atoms with Crippen LogP contribution in [0, 0.1) is 0 Å². The maximum absolute atomic E-state index is 10.9. The van der Waals surface area contributed by atoms with Gasteiger partial charge in [0.2, 0.25) is 0 Å². The average Bonchev–Trinajstić information content (AvgIpc) is 2.58. The molecule has 0 aromatic heterocycles. The molecule has 0 amide bonds. The average molecular weight is 204 g/mol. The van der Waals surface area contributed by atoms with Crippen molar-refractivity contribution in [2.45, 2.75) is 26.4 Å². The molecule has 1 N–H and O–H groups in total. The summed E-state index contributed by atoms with van der Waals surface area (Å²) in [7, 11) is -0.817. The zero-order chi connectivity index (χ0) is 10.8. The molecule has 0 atom stereocenters. The molecule has 0 radical (unpaired) electrons. The highest BCUT2D eigenvalue weighted by atomic mass is 16.5. The van der Waals surface area contributed by atoms with Gasteiger partial charge < -0.3 is 14.5 Å². The van der Waals surface area contributed by atoms with Crippen molar-refractivity contribution >= 4 is 18.4 Å². The van der Waals surface area contributed by atoms with Crippen LogP contribution in [-0.2, 0) is 22.5 Å². The van der Waals surface area contributed by atoms with Crippen LogP contribution >= 0.6 is 0 Å². The van der Waals surface area contributed by atoms with Crippen molar-refractivity contribution in [1.29, 1.82) is 0 Å². The first-order chi connectivity index (χ1) is 7.18. The molecule has 78 valence electrons. The Morgan fingerprint density at radius 2 is 2.40 bits per heavy atom. The molecular formula is C11H13BO3. The van der Waals surface area contributed by atoms with Crippen LogP contribution in [0.5, 0.6) is 0 Å². The summed E-state index contributed by atoms with van der Waals surface area (Å²) < 4.78 is 5.14. The number of rotatable bonds is 3. The van der Waals surface area contributed by atoms with E-state index in [4.69, 9.17) is 4.65 Å². The largest absolute Gasteiger partial charge is 0.492 e. The number of benzene rings is 1. The highest BCUT2D eigenvalue weighted by Crippen LogP contribution is 2.13. The number of hydrogen-bond donors (Lipinski definition) is 1. The Morgan fingerprint density at radius 1 is 1.60 bits per heavy atom. The summed E-state index contributed by atoms with van der Waals surface area (Å²) in [6.07, 6.45) is 1.20. The van der Waals surface area contributed by atoms with Crippen molar-refractivity contribution in [3.63, 3.8) is 0 Å². The summed E-state index contributed by atoms with van der Waals surface area (Å²) in [5.74, 6) is 0.168. The quantitative estimate of drug-likeness (QED) is 0.726. The lowest BCUT2D eigenvalue weighted by Crippen LogP contribution is -2.31. The van der Waals surface area contributed by atoms with Crippen LogP contribution < -0.4 is 5.46 Å². The molecule has 0 bridgehead atoms. The van der Waals surface area contributed by atoms with Gasteiger partial charge in [0.05, 0.1) is 6.61 Å². The van der Waals surface area contributed by atoms with Gasteiger partial charge in [0, 0.05) is 6.42 Å². The zero-order valence-electron chi connectivity index (χ0n) is 8.69. The highest BCUT2D eigenvalue weighted by molar-refractivity contribution is 6.62. The van der Waals surface area contributed by atoms with Crippen LogP contribution in [-0.4, -0.2) is 17.9 Å². The predicted octanol–water partition coefficient (Wildman–Crippen LogP) is 0.426. The van der Waals surface area contributed by atoms with Crippen LogP contribution in [0.4, 0.5) is 0 Å². The van der Waals surface area contributed by atoms with Crippen LogP contribution in [0.3, 0.4) is 0 Å². The van der Waals surface area contributed by atoms with E-state index in [1.165, 1.54) is 0 Å². The summed E-state index contributed by atoms with van der Waals surface area (Å²) >= 11 is 0. The lowest BCUT2D eigenvalue weighted by molar-refractivity contribution is -0.116. The predicted molar refractivity (Wildman–Crippen MR) is 57.8 cm³/mol. The minimum absolute atomic E-state index is 0.168. The molecule has 1 aliphatic heterocycles. The van der Waals surface area contributed by atoms with Gasteiger partial charge in [-0.3, -0.25) is 0 Å². The first-order valence-electron chi connectivity index (χ1n) is 5.08. The number of carbonyl (C=O) groups is 1. The summed E-state index contributed by atoms with van der Waals surface area (Å²) in [6, 6.07) is 5.83. The Labute approximate surface area is 89.2 Å². The van der Waals surface area contributed by atoms with E-state index in [0.717, 1.165) is 16.6 Å². The second-order valence-electron chi connectivity index (χ2n) is 3.86. The van der Waals surface area contributed by atoms with Gasteiger partial charge in [0.25, 0.3) is 0 Å². The molecule has 2 rings (SSSR count). The van der Waals surface area contributed by atoms with E-state index in [1.807, 2.05) is 18.2 Å². The smallest absolute Gasteiger partial charge is 0.423 e. The van der Waals surface area contributed by atoms with E-state index in [9.17, 15) is 9.82 Å². The lowest BCUT2D eigenvalue weighted by atomic mass is 9.75. The summed E-state index contributed by atoms with van der Waals surface area (Å²) in [5, 5.41) is 9.62. The Balaban J connectivity index is 2.24. The first-order valence-corrected chi connectivity index (χ1v) is 5.08. The molecule has 0 unspecified atom stereocenters. The molecule has 4 heteroatoms.